The van der Waals surface area contributed by atoms with Crippen molar-refractivity contribution in [3.8, 4) is 0 Å². The molecule has 1 aliphatic rings. The Balaban J connectivity index is 2.05. The van der Waals surface area contributed by atoms with Crippen molar-refractivity contribution >= 4 is 34.8 Å². The van der Waals surface area contributed by atoms with Crippen LogP contribution < -0.4 is 0 Å². The normalized spacial score (nSPS) is 20.2. The largest absolute Gasteiger partial charge is 0.438 e. The van der Waals surface area contributed by atoms with E-state index in [1.165, 1.54) is 48.5 Å². The van der Waals surface area contributed by atoms with E-state index in [1.54, 1.807) is 0 Å². The highest BCUT2D eigenvalue weighted by molar-refractivity contribution is 6.31. The van der Waals surface area contributed by atoms with Crippen LogP contribution in [0.1, 0.15) is 22.3 Å². The maximum absolute atomic E-state index is 13.5. The minimum absolute atomic E-state index is 0.0581. The van der Waals surface area contributed by atoms with E-state index in [1.807, 2.05) is 0 Å². The number of carbonyl (C=O) groups excluding carboxylic acids is 1. The topological polar surface area (TPSA) is 52.9 Å². The molecule has 0 aromatic heterocycles. The Morgan fingerprint density at radius 2 is 1.77 bits per heavy atom. The number of aliphatic hydroxyl groups is 1. The molecule has 1 unspecified atom stereocenters. The molecule has 0 aliphatic carbocycles. The number of benzene rings is 2. The van der Waals surface area contributed by atoms with E-state index in [0.29, 0.717) is 10.6 Å². The fourth-order valence-corrected chi connectivity index (χ4v) is 2.84. The second-order valence-electron chi connectivity index (χ2n) is 5.67. The molecular formula is C17H11Cl2F3N2O2. The summed E-state index contributed by atoms with van der Waals surface area (Å²) in [6, 6.07) is 11.3. The standard InChI is InChI=1S/C17H11Cl2F3N2O2/c18-12-6-4-10(5-7-12)14-9-16(26,17(20,21)22)24(23-14)15(25)11-2-1-3-13(19)8-11/h1-8,26H,9H2. The highest BCUT2D eigenvalue weighted by atomic mass is 35.5. The van der Waals surface area contributed by atoms with E-state index < -0.39 is 24.2 Å². The zero-order chi connectivity index (χ0) is 19.1. The molecule has 0 spiro atoms. The van der Waals surface area contributed by atoms with Crippen LogP contribution in [0.3, 0.4) is 0 Å². The van der Waals surface area contributed by atoms with Crippen molar-refractivity contribution in [1.82, 2.24) is 5.01 Å². The molecule has 9 heteroatoms. The molecule has 0 radical (unpaired) electrons. The van der Waals surface area contributed by atoms with E-state index >= 15 is 0 Å². The second-order valence-corrected chi connectivity index (χ2v) is 6.54. The summed E-state index contributed by atoms with van der Waals surface area (Å²) in [5, 5.41) is 14.7. The first-order valence-corrected chi connectivity index (χ1v) is 8.10. The van der Waals surface area contributed by atoms with E-state index in [0.717, 1.165) is 0 Å². The zero-order valence-corrected chi connectivity index (χ0v) is 14.5. The molecule has 0 saturated heterocycles. The number of rotatable bonds is 2. The smallest absolute Gasteiger partial charge is 0.362 e. The van der Waals surface area contributed by atoms with E-state index in [4.69, 9.17) is 23.2 Å². The van der Waals surface area contributed by atoms with Crippen molar-refractivity contribution in [2.45, 2.75) is 18.3 Å². The van der Waals surface area contributed by atoms with Crippen molar-refractivity contribution in [3.63, 3.8) is 0 Å². The van der Waals surface area contributed by atoms with Crippen LogP contribution in [-0.2, 0) is 0 Å². The maximum atomic E-state index is 13.5. The average molecular weight is 403 g/mol. The fourth-order valence-electron chi connectivity index (χ4n) is 2.53. The van der Waals surface area contributed by atoms with Gasteiger partial charge in [0.15, 0.2) is 0 Å². The lowest BCUT2D eigenvalue weighted by Crippen LogP contribution is -2.56. The summed E-state index contributed by atoms with van der Waals surface area (Å²) >= 11 is 11.6. The maximum Gasteiger partial charge on any atom is 0.438 e. The quantitative estimate of drug-likeness (QED) is 0.803. The number of alkyl halides is 3. The summed E-state index contributed by atoms with van der Waals surface area (Å²) in [5.74, 6) is -1.11. The Bertz CT molecular complexity index is 884. The van der Waals surface area contributed by atoms with Crippen LogP contribution in [0, 0.1) is 0 Å². The van der Waals surface area contributed by atoms with Gasteiger partial charge in [0.2, 0.25) is 0 Å². The molecule has 4 nitrogen and oxygen atoms in total. The highest BCUT2D eigenvalue weighted by Crippen LogP contribution is 2.42. The molecule has 0 fully saturated rings. The number of halogens is 5. The van der Waals surface area contributed by atoms with Crippen LogP contribution in [0.15, 0.2) is 53.6 Å². The number of carbonyl (C=O) groups is 1. The molecule has 26 heavy (non-hydrogen) atoms. The van der Waals surface area contributed by atoms with Crippen molar-refractivity contribution < 1.29 is 23.1 Å². The molecule has 136 valence electrons. The molecule has 3 rings (SSSR count). The highest BCUT2D eigenvalue weighted by Gasteiger charge is 2.63. The molecule has 1 atom stereocenters. The van der Waals surface area contributed by atoms with Crippen LogP contribution in [0.2, 0.25) is 10.0 Å². The average Bonchev–Trinajstić information content (AvgIpc) is 2.94. The van der Waals surface area contributed by atoms with Crippen molar-refractivity contribution in [1.29, 1.82) is 0 Å². The van der Waals surface area contributed by atoms with Gasteiger partial charge in [-0.3, -0.25) is 4.79 Å². The van der Waals surface area contributed by atoms with Gasteiger partial charge in [0.1, 0.15) is 0 Å². The SMILES string of the molecule is O=C(c1cccc(Cl)c1)N1N=C(c2ccc(Cl)cc2)CC1(O)C(F)(F)F. The number of amides is 1. The molecule has 2 aromatic carbocycles. The first-order valence-electron chi connectivity index (χ1n) is 7.34. The minimum atomic E-state index is -5.11. The van der Waals surface area contributed by atoms with Gasteiger partial charge in [0.05, 0.1) is 12.1 Å². The van der Waals surface area contributed by atoms with Crippen molar-refractivity contribution in [2.24, 2.45) is 5.10 Å². The van der Waals surface area contributed by atoms with Crippen LogP contribution >= 0.6 is 23.2 Å². The van der Waals surface area contributed by atoms with Crippen molar-refractivity contribution in [2.75, 3.05) is 0 Å². The molecular weight excluding hydrogens is 392 g/mol. The van der Waals surface area contributed by atoms with Gasteiger partial charge in [-0.1, -0.05) is 41.4 Å². The monoisotopic (exact) mass is 402 g/mol. The lowest BCUT2D eigenvalue weighted by Gasteiger charge is -2.32. The predicted molar refractivity (Wildman–Crippen MR) is 91.2 cm³/mol. The summed E-state index contributed by atoms with van der Waals surface area (Å²) in [7, 11) is 0. The molecule has 1 heterocycles. The third kappa shape index (κ3) is 3.30. The summed E-state index contributed by atoms with van der Waals surface area (Å²) in [6.45, 7) is 0. The Morgan fingerprint density at radius 1 is 1.12 bits per heavy atom. The summed E-state index contributed by atoms with van der Waals surface area (Å²) in [6.07, 6.45) is -6.01. The first kappa shape index (κ1) is 18.7. The number of hydrogen-bond acceptors (Lipinski definition) is 3. The van der Waals surface area contributed by atoms with Gasteiger partial charge in [-0.25, -0.2) is 0 Å². The van der Waals surface area contributed by atoms with Crippen LogP contribution in [0.5, 0.6) is 0 Å². The number of nitrogens with zero attached hydrogens (tertiary/aromatic N) is 2. The molecule has 0 saturated carbocycles. The van der Waals surface area contributed by atoms with Gasteiger partial charge in [-0.05, 0) is 35.9 Å². The van der Waals surface area contributed by atoms with Crippen LogP contribution in [0.4, 0.5) is 13.2 Å². The van der Waals surface area contributed by atoms with Gasteiger partial charge in [0.25, 0.3) is 11.6 Å². The number of hydrogen-bond donors (Lipinski definition) is 1. The summed E-state index contributed by atoms with van der Waals surface area (Å²) in [5.41, 5.74) is -3.35. The molecule has 2 aromatic rings. The van der Waals surface area contributed by atoms with Gasteiger partial charge in [-0.15, -0.1) is 0 Å². The molecule has 1 N–H and O–H groups in total. The van der Waals surface area contributed by atoms with Gasteiger partial charge < -0.3 is 5.11 Å². The van der Waals surface area contributed by atoms with Crippen LogP contribution in [0.25, 0.3) is 0 Å². The second kappa shape index (κ2) is 6.57. The first-order chi connectivity index (χ1) is 12.1. The van der Waals surface area contributed by atoms with Gasteiger partial charge >= 0.3 is 6.18 Å². The third-order valence-electron chi connectivity index (χ3n) is 3.88. The predicted octanol–water partition coefficient (Wildman–Crippen LogP) is 4.49. The lowest BCUT2D eigenvalue weighted by molar-refractivity contribution is -0.297. The van der Waals surface area contributed by atoms with Gasteiger partial charge in [-0.2, -0.15) is 23.3 Å². The van der Waals surface area contributed by atoms with Crippen molar-refractivity contribution in [3.05, 3.63) is 69.7 Å². The van der Waals surface area contributed by atoms with E-state index in [-0.39, 0.29) is 21.3 Å². The Kier molecular flexibility index (Phi) is 4.72. The Labute approximate surface area is 156 Å². The van der Waals surface area contributed by atoms with Gasteiger partial charge in [0, 0.05) is 15.6 Å². The minimum Gasteiger partial charge on any atom is -0.362 e. The summed E-state index contributed by atoms with van der Waals surface area (Å²) < 4.78 is 40.6. The fraction of sp³-hybridized carbons (Fsp3) is 0.176. The van der Waals surface area contributed by atoms with E-state index in [2.05, 4.69) is 5.10 Å². The Hall–Kier alpha value is -2.09. The zero-order valence-electron chi connectivity index (χ0n) is 13.0. The molecule has 1 aliphatic heterocycles. The van der Waals surface area contributed by atoms with Crippen LogP contribution in [-0.4, -0.2) is 33.6 Å². The molecule has 1 amide bonds. The Morgan fingerprint density at radius 3 is 2.35 bits per heavy atom. The molecule has 0 bridgehead atoms. The van der Waals surface area contributed by atoms with E-state index in [9.17, 15) is 23.1 Å². The number of hydrazone groups is 1. The summed E-state index contributed by atoms with van der Waals surface area (Å²) in [4.78, 5) is 12.6. The lowest BCUT2D eigenvalue weighted by atomic mass is 10.0. The third-order valence-corrected chi connectivity index (χ3v) is 4.37.